The Morgan fingerprint density at radius 1 is 1.00 bits per heavy atom. The molecule has 8 nitrogen and oxygen atoms in total. The van der Waals surface area contributed by atoms with Gasteiger partial charge in [-0.3, -0.25) is 14.5 Å². The first-order valence-corrected chi connectivity index (χ1v) is 12.7. The van der Waals surface area contributed by atoms with Crippen molar-refractivity contribution in [1.29, 1.82) is 0 Å². The maximum absolute atomic E-state index is 13.1. The quantitative estimate of drug-likeness (QED) is 0.691. The lowest BCUT2D eigenvalue weighted by atomic mass is 10.1. The number of hydrogen-bond donors (Lipinski definition) is 1. The average molecular weight is 475 g/mol. The second-order valence-corrected chi connectivity index (χ2v) is 11.6. The van der Waals surface area contributed by atoms with Gasteiger partial charge in [0.25, 0.3) is 0 Å². The molecule has 1 N–H and O–H groups in total. The minimum absolute atomic E-state index is 0.0384. The summed E-state index contributed by atoms with van der Waals surface area (Å²) in [5, 5.41) is 4.75. The van der Waals surface area contributed by atoms with Gasteiger partial charge in [0.1, 0.15) is 0 Å². The van der Waals surface area contributed by atoms with Crippen LogP contribution >= 0.6 is 0 Å². The number of sulfonamides is 1. The lowest BCUT2D eigenvalue weighted by Crippen LogP contribution is -2.47. The number of carbonyl (C=O) groups is 2. The molecule has 1 saturated heterocycles. The predicted molar refractivity (Wildman–Crippen MR) is 129 cm³/mol. The highest BCUT2D eigenvalue weighted by Crippen LogP contribution is 2.21. The molecule has 0 atom stereocenters. The van der Waals surface area contributed by atoms with Crippen LogP contribution in [0.25, 0.3) is 10.8 Å². The smallest absolute Gasteiger partial charge is 0.243 e. The number of fused-ring (bicyclic) bond motifs is 1. The number of nitrogens with zero attached hydrogens (tertiary/aromatic N) is 3. The average Bonchev–Trinajstić information content (AvgIpc) is 2.97. The lowest BCUT2D eigenvalue weighted by Gasteiger charge is -2.25. The molecule has 0 aliphatic carbocycles. The molecular formula is C24H34N4O4S. The fraction of sp³-hybridized carbons (Fsp3) is 0.500. The van der Waals surface area contributed by atoms with E-state index in [1.807, 2.05) is 49.9 Å². The zero-order valence-electron chi connectivity index (χ0n) is 19.9. The normalized spacial score (nSPS) is 16.1. The van der Waals surface area contributed by atoms with Gasteiger partial charge >= 0.3 is 0 Å². The van der Waals surface area contributed by atoms with E-state index in [1.54, 1.807) is 23.1 Å². The first-order valence-electron chi connectivity index (χ1n) is 11.2. The molecule has 1 aliphatic heterocycles. The van der Waals surface area contributed by atoms with Crippen molar-refractivity contribution in [1.82, 2.24) is 19.4 Å². The van der Waals surface area contributed by atoms with E-state index in [0.29, 0.717) is 26.2 Å². The Bertz CT molecular complexity index is 1110. The van der Waals surface area contributed by atoms with Gasteiger partial charge in [0.15, 0.2) is 0 Å². The van der Waals surface area contributed by atoms with Crippen LogP contribution in [0.3, 0.4) is 0 Å². The Morgan fingerprint density at radius 2 is 1.70 bits per heavy atom. The van der Waals surface area contributed by atoms with Gasteiger partial charge in [0.05, 0.1) is 18.0 Å². The third-order valence-corrected chi connectivity index (χ3v) is 7.41. The van der Waals surface area contributed by atoms with Crippen LogP contribution in [0.15, 0.2) is 47.4 Å². The fourth-order valence-corrected chi connectivity index (χ4v) is 5.08. The van der Waals surface area contributed by atoms with E-state index in [-0.39, 0.29) is 35.3 Å². The number of carbonyl (C=O) groups excluding carboxylic acids is 2. The maximum atomic E-state index is 13.1. The Hall–Kier alpha value is -2.49. The van der Waals surface area contributed by atoms with Crippen LogP contribution in [-0.2, 0) is 19.6 Å². The number of likely N-dealkylation sites (N-methyl/N-ethyl adjacent to an activating group) is 1. The molecule has 0 bridgehead atoms. The number of benzene rings is 2. The SMILES string of the molecule is CN(CC(=O)N1CCCN(CC(=O)NC(C)(C)C)CC1)S(=O)(=O)c1ccc2ccccc2c1. The van der Waals surface area contributed by atoms with Gasteiger partial charge < -0.3 is 10.2 Å². The summed E-state index contributed by atoms with van der Waals surface area (Å²) in [7, 11) is -2.36. The number of amides is 2. The minimum atomic E-state index is -3.79. The minimum Gasteiger partial charge on any atom is -0.350 e. The van der Waals surface area contributed by atoms with E-state index in [9.17, 15) is 18.0 Å². The third kappa shape index (κ3) is 6.75. The Balaban J connectivity index is 1.59. The van der Waals surface area contributed by atoms with Crippen LogP contribution in [0, 0.1) is 0 Å². The highest BCUT2D eigenvalue weighted by molar-refractivity contribution is 7.89. The molecule has 1 aliphatic rings. The van der Waals surface area contributed by atoms with Crippen molar-refractivity contribution in [2.45, 2.75) is 37.6 Å². The molecule has 1 fully saturated rings. The lowest BCUT2D eigenvalue weighted by molar-refractivity contribution is -0.131. The van der Waals surface area contributed by atoms with E-state index >= 15 is 0 Å². The van der Waals surface area contributed by atoms with Crippen molar-refractivity contribution in [3.8, 4) is 0 Å². The summed E-state index contributed by atoms with van der Waals surface area (Å²) in [6.07, 6.45) is 0.732. The maximum Gasteiger partial charge on any atom is 0.243 e. The van der Waals surface area contributed by atoms with Crippen LogP contribution < -0.4 is 5.32 Å². The molecule has 1 heterocycles. The molecule has 2 aromatic rings. The first kappa shape index (κ1) is 25.1. The molecule has 0 aromatic heterocycles. The van der Waals surface area contributed by atoms with Crippen LogP contribution in [-0.4, -0.2) is 86.2 Å². The molecule has 2 amide bonds. The van der Waals surface area contributed by atoms with Crippen molar-refractivity contribution in [3.05, 3.63) is 42.5 Å². The van der Waals surface area contributed by atoms with Gasteiger partial charge in [-0.2, -0.15) is 4.31 Å². The van der Waals surface area contributed by atoms with E-state index in [4.69, 9.17) is 0 Å². The van der Waals surface area contributed by atoms with E-state index in [2.05, 4.69) is 5.32 Å². The molecule has 0 radical (unpaired) electrons. The fourth-order valence-electron chi connectivity index (χ4n) is 3.92. The van der Waals surface area contributed by atoms with Gasteiger partial charge in [0.2, 0.25) is 21.8 Å². The van der Waals surface area contributed by atoms with Gasteiger partial charge in [-0.05, 0) is 50.1 Å². The van der Waals surface area contributed by atoms with Gasteiger partial charge in [-0.1, -0.05) is 30.3 Å². The van der Waals surface area contributed by atoms with Gasteiger partial charge in [-0.25, -0.2) is 8.42 Å². The summed E-state index contributed by atoms with van der Waals surface area (Å²) in [6, 6.07) is 12.5. The molecule has 180 valence electrons. The molecular weight excluding hydrogens is 440 g/mol. The number of nitrogens with one attached hydrogen (secondary N) is 1. The van der Waals surface area contributed by atoms with Crippen LogP contribution in [0.1, 0.15) is 27.2 Å². The summed E-state index contributed by atoms with van der Waals surface area (Å²) in [5.41, 5.74) is -0.286. The second kappa shape index (κ2) is 10.2. The molecule has 0 saturated carbocycles. The summed E-state index contributed by atoms with van der Waals surface area (Å²) in [5.74, 6) is -0.272. The Labute approximate surface area is 196 Å². The van der Waals surface area contributed by atoms with Crippen molar-refractivity contribution >= 4 is 32.6 Å². The van der Waals surface area contributed by atoms with Crippen molar-refractivity contribution in [2.24, 2.45) is 0 Å². The number of hydrogen-bond acceptors (Lipinski definition) is 5. The predicted octanol–water partition coefficient (Wildman–Crippen LogP) is 1.91. The van der Waals surface area contributed by atoms with Crippen molar-refractivity contribution < 1.29 is 18.0 Å². The third-order valence-electron chi connectivity index (χ3n) is 5.61. The summed E-state index contributed by atoms with van der Waals surface area (Å²) in [4.78, 5) is 29.0. The van der Waals surface area contributed by atoms with Gasteiger partial charge in [-0.15, -0.1) is 0 Å². The van der Waals surface area contributed by atoms with Gasteiger partial charge in [0, 0.05) is 38.8 Å². The monoisotopic (exact) mass is 474 g/mol. The van der Waals surface area contributed by atoms with E-state index in [0.717, 1.165) is 21.5 Å². The molecule has 3 rings (SSSR count). The zero-order chi connectivity index (χ0) is 24.2. The molecule has 9 heteroatoms. The van der Waals surface area contributed by atoms with Crippen molar-refractivity contribution in [2.75, 3.05) is 46.3 Å². The second-order valence-electron chi connectivity index (χ2n) is 9.58. The van der Waals surface area contributed by atoms with Crippen LogP contribution in [0.2, 0.25) is 0 Å². The van der Waals surface area contributed by atoms with Crippen LogP contribution in [0.4, 0.5) is 0 Å². The topological polar surface area (TPSA) is 90.0 Å². The van der Waals surface area contributed by atoms with E-state index < -0.39 is 10.0 Å². The highest BCUT2D eigenvalue weighted by Gasteiger charge is 2.27. The molecule has 2 aromatic carbocycles. The Morgan fingerprint density at radius 3 is 2.39 bits per heavy atom. The molecule has 0 spiro atoms. The Kier molecular flexibility index (Phi) is 7.76. The summed E-state index contributed by atoms with van der Waals surface area (Å²) < 4.78 is 27.2. The first-order chi connectivity index (χ1) is 15.5. The summed E-state index contributed by atoms with van der Waals surface area (Å²) >= 11 is 0. The highest BCUT2D eigenvalue weighted by atomic mass is 32.2. The summed E-state index contributed by atoms with van der Waals surface area (Å²) in [6.45, 7) is 8.18. The number of rotatable bonds is 6. The molecule has 0 unspecified atom stereocenters. The van der Waals surface area contributed by atoms with Crippen molar-refractivity contribution in [3.63, 3.8) is 0 Å². The largest absolute Gasteiger partial charge is 0.350 e. The zero-order valence-corrected chi connectivity index (χ0v) is 20.7. The van der Waals surface area contributed by atoms with E-state index in [1.165, 1.54) is 7.05 Å². The van der Waals surface area contributed by atoms with Crippen LogP contribution in [0.5, 0.6) is 0 Å². The standard InChI is InChI=1S/C24H34N4O4S/c1-24(2,3)25-22(29)17-27-12-7-13-28(15-14-27)23(30)18-26(4)33(31,32)21-11-10-19-8-5-6-9-20(19)16-21/h5-6,8-11,16H,7,12-15,17-18H2,1-4H3,(H,25,29). The molecule has 33 heavy (non-hydrogen) atoms.